The number of amides is 1. The first-order chi connectivity index (χ1) is 13.6. The monoisotopic (exact) mass is 407 g/mol. The number of nitrogens with zero attached hydrogens (tertiary/aromatic N) is 3. The summed E-state index contributed by atoms with van der Waals surface area (Å²) in [6.07, 6.45) is 7.73. The summed E-state index contributed by atoms with van der Waals surface area (Å²) in [5.74, 6) is 2.78. The van der Waals surface area contributed by atoms with E-state index in [0.29, 0.717) is 12.6 Å². The molecule has 3 aromatic rings. The largest absolute Gasteiger partial charge is 0.360 e. The molecule has 4 nitrogen and oxygen atoms in total. The highest BCUT2D eigenvalue weighted by Crippen LogP contribution is 2.34. The normalized spacial score (nSPS) is 13.1. The first kappa shape index (κ1) is 18.7. The predicted octanol–water partition coefficient (Wildman–Crippen LogP) is 4.91. The SMILES string of the molecule is C#Cc1cccc(N(Cc2csc(N(C(C)=O)C3CC3)n2)Cc2cccs2)c1. The highest BCUT2D eigenvalue weighted by Gasteiger charge is 2.33. The molecule has 0 radical (unpaired) electrons. The van der Waals surface area contributed by atoms with Gasteiger partial charge in [0.2, 0.25) is 5.91 Å². The van der Waals surface area contributed by atoms with E-state index in [1.54, 1.807) is 29.6 Å². The molecule has 1 aliphatic carbocycles. The van der Waals surface area contributed by atoms with Crippen LogP contribution in [0.15, 0.2) is 47.2 Å². The summed E-state index contributed by atoms with van der Waals surface area (Å²) in [4.78, 5) is 22.2. The molecule has 1 saturated carbocycles. The second kappa shape index (κ2) is 8.17. The highest BCUT2D eigenvalue weighted by molar-refractivity contribution is 7.14. The van der Waals surface area contributed by atoms with Crippen molar-refractivity contribution in [2.75, 3.05) is 9.80 Å². The fourth-order valence-corrected chi connectivity index (χ4v) is 4.83. The van der Waals surface area contributed by atoms with Crippen molar-refractivity contribution in [1.82, 2.24) is 4.98 Å². The van der Waals surface area contributed by atoms with Crippen molar-refractivity contribution in [2.24, 2.45) is 0 Å². The number of carbonyl (C=O) groups is 1. The van der Waals surface area contributed by atoms with Crippen molar-refractivity contribution in [3.63, 3.8) is 0 Å². The molecule has 1 amide bonds. The fourth-order valence-electron chi connectivity index (χ4n) is 3.18. The van der Waals surface area contributed by atoms with Crippen LogP contribution in [0.1, 0.15) is 35.9 Å². The molecule has 0 N–H and O–H groups in total. The van der Waals surface area contributed by atoms with Crippen molar-refractivity contribution in [2.45, 2.75) is 38.9 Å². The summed E-state index contributed by atoms with van der Waals surface area (Å²) in [7, 11) is 0. The zero-order chi connectivity index (χ0) is 19.5. The van der Waals surface area contributed by atoms with Gasteiger partial charge in [0.15, 0.2) is 5.13 Å². The Kier molecular flexibility index (Phi) is 5.47. The van der Waals surface area contributed by atoms with E-state index >= 15 is 0 Å². The van der Waals surface area contributed by atoms with E-state index in [0.717, 1.165) is 41.5 Å². The highest BCUT2D eigenvalue weighted by atomic mass is 32.1. The van der Waals surface area contributed by atoms with Crippen LogP contribution in [0.3, 0.4) is 0 Å². The third-order valence-corrected chi connectivity index (χ3v) is 6.40. The molecule has 0 saturated heterocycles. The maximum Gasteiger partial charge on any atom is 0.225 e. The first-order valence-corrected chi connectivity index (χ1v) is 11.0. The molecule has 0 unspecified atom stereocenters. The lowest BCUT2D eigenvalue weighted by Gasteiger charge is -2.24. The van der Waals surface area contributed by atoms with Gasteiger partial charge < -0.3 is 4.90 Å². The molecular weight excluding hydrogens is 386 g/mol. The number of hydrogen-bond donors (Lipinski definition) is 0. The fraction of sp³-hybridized carbons (Fsp3) is 0.273. The van der Waals surface area contributed by atoms with Crippen LogP contribution in [0, 0.1) is 12.3 Å². The van der Waals surface area contributed by atoms with Crippen molar-refractivity contribution < 1.29 is 4.79 Å². The minimum atomic E-state index is 0.0700. The number of hydrogen-bond acceptors (Lipinski definition) is 5. The number of anilines is 2. The van der Waals surface area contributed by atoms with Crippen LogP contribution in [0.5, 0.6) is 0 Å². The third-order valence-electron chi connectivity index (χ3n) is 4.65. The zero-order valence-electron chi connectivity index (χ0n) is 15.7. The van der Waals surface area contributed by atoms with Gasteiger partial charge in [-0.25, -0.2) is 4.98 Å². The molecular formula is C22H21N3OS2. The van der Waals surface area contributed by atoms with Gasteiger partial charge in [0.1, 0.15) is 0 Å². The number of rotatable bonds is 7. The van der Waals surface area contributed by atoms with E-state index in [9.17, 15) is 4.79 Å². The molecule has 1 aliphatic rings. The summed E-state index contributed by atoms with van der Waals surface area (Å²) in [6, 6.07) is 12.6. The van der Waals surface area contributed by atoms with Crippen molar-refractivity contribution >= 4 is 39.4 Å². The number of thiazole rings is 1. The Morgan fingerprint density at radius 1 is 1.25 bits per heavy atom. The maximum absolute atomic E-state index is 12.0. The molecule has 1 aromatic carbocycles. The Morgan fingerprint density at radius 3 is 2.79 bits per heavy atom. The van der Waals surface area contributed by atoms with Crippen LogP contribution in [0.2, 0.25) is 0 Å². The van der Waals surface area contributed by atoms with Gasteiger partial charge in [0, 0.05) is 34.5 Å². The summed E-state index contributed by atoms with van der Waals surface area (Å²) >= 11 is 3.28. The Morgan fingerprint density at radius 2 is 2.11 bits per heavy atom. The Labute approximate surface area is 173 Å². The molecule has 0 bridgehead atoms. The van der Waals surface area contributed by atoms with E-state index in [4.69, 9.17) is 11.4 Å². The van der Waals surface area contributed by atoms with Gasteiger partial charge in [-0.2, -0.15) is 0 Å². The number of carbonyl (C=O) groups excluding carboxylic acids is 1. The van der Waals surface area contributed by atoms with Crippen LogP contribution >= 0.6 is 22.7 Å². The second-order valence-corrected chi connectivity index (χ2v) is 8.74. The number of terminal acetylenes is 1. The average Bonchev–Trinajstić information content (AvgIpc) is 3.18. The average molecular weight is 408 g/mol. The van der Waals surface area contributed by atoms with Crippen molar-refractivity contribution in [3.8, 4) is 12.3 Å². The zero-order valence-corrected chi connectivity index (χ0v) is 17.3. The second-order valence-electron chi connectivity index (χ2n) is 6.87. The quantitative estimate of drug-likeness (QED) is 0.522. The number of thiophene rings is 1. The predicted molar refractivity (Wildman–Crippen MR) is 117 cm³/mol. The molecule has 0 aliphatic heterocycles. The van der Waals surface area contributed by atoms with Crippen LogP contribution in [-0.2, 0) is 17.9 Å². The maximum atomic E-state index is 12.0. The third kappa shape index (κ3) is 4.27. The van der Waals surface area contributed by atoms with E-state index in [2.05, 4.69) is 39.8 Å². The number of benzene rings is 1. The van der Waals surface area contributed by atoms with Crippen molar-refractivity contribution in [3.05, 3.63) is 63.3 Å². The van der Waals surface area contributed by atoms with E-state index in [1.807, 2.05) is 23.1 Å². The lowest BCUT2D eigenvalue weighted by Crippen LogP contribution is -2.30. The lowest BCUT2D eigenvalue weighted by atomic mass is 10.2. The van der Waals surface area contributed by atoms with Gasteiger partial charge in [-0.05, 0) is 42.5 Å². The van der Waals surface area contributed by atoms with Gasteiger partial charge in [-0.15, -0.1) is 29.1 Å². The van der Waals surface area contributed by atoms with Crippen LogP contribution in [0.25, 0.3) is 0 Å². The smallest absolute Gasteiger partial charge is 0.225 e. The summed E-state index contributed by atoms with van der Waals surface area (Å²) in [6.45, 7) is 3.07. The Bertz CT molecular complexity index is 999. The molecule has 2 heterocycles. The minimum Gasteiger partial charge on any atom is -0.360 e. The molecule has 6 heteroatoms. The first-order valence-electron chi connectivity index (χ1n) is 9.22. The van der Waals surface area contributed by atoms with Gasteiger partial charge in [-0.1, -0.05) is 18.1 Å². The van der Waals surface area contributed by atoms with Crippen molar-refractivity contribution in [1.29, 1.82) is 0 Å². The molecule has 142 valence electrons. The molecule has 0 spiro atoms. The van der Waals surface area contributed by atoms with Gasteiger partial charge in [-0.3, -0.25) is 9.69 Å². The van der Waals surface area contributed by atoms with E-state index in [-0.39, 0.29) is 5.91 Å². The molecule has 0 atom stereocenters. The van der Waals surface area contributed by atoms with E-state index < -0.39 is 0 Å². The summed E-state index contributed by atoms with van der Waals surface area (Å²) in [5, 5.41) is 4.95. The Balaban J connectivity index is 1.59. The standard InChI is InChI=1S/C22H21N3OS2/c1-3-17-6-4-7-20(12-17)24(14-21-8-5-11-27-21)13-18-15-28-22(23-18)25(16(2)26)19-9-10-19/h1,4-8,11-12,15,19H,9-10,13-14H2,2H3. The lowest BCUT2D eigenvalue weighted by molar-refractivity contribution is -0.116. The van der Waals surface area contributed by atoms with Gasteiger partial charge in [0.05, 0.1) is 18.8 Å². The summed E-state index contributed by atoms with van der Waals surface area (Å²) < 4.78 is 0. The summed E-state index contributed by atoms with van der Waals surface area (Å²) in [5.41, 5.74) is 2.91. The number of aromatic nitrogens is 1. The van der Waals surface area contributed by atoms with Crippen LogP contribution in [0.4, 0.5) is 10.8 Å². The Hall–Kier alpha value is -2.62. The topological polar surface area (TPSA) is 36.4 Å². The molecule has 4 rings (SSSR count). The van der Waals surface area contributed by atoms with Crippen LogP contribution in [-0.4, -0.2) is 16.9 Å². The van der Waals surface area contributed by atoms with E-state index in [1.165, 1.54) is 4.88 Å². The molecule has 1 fully saturated rings. The van der Waals surface area contributed by atoms with Gasteiger partial charge in [0.25, 0.3) is 0 Å². The molecule has 28 heavy (non-hydrogen) atoms. The minimum absolute atomic E-state index is 0.0700. The molecule has 2 aromatic heterocycles. The van der Waals surface area contributed by atoms with Crippen LogP contribution < -0.4 is 9.80 Å². The van der Waals surface area contributed by atoms with Gasteiger partial charge >= 0.3 is 0 Å².